The van der Waals surface area contributed by atoms with E-state index in [1.54, 1.807) is 18.2 Å². The highest BCUT2D eigenvalue weighted by Gasteiger charge is 2.09. The first kappa shape index (κ1) is 12.0. The fourth-order valence-corrected chi connectivity index (χ4v) is 1.65. The third-order valence-electron chi connectivity index (χ3n) is 2.32. The van der Waals surface area contributed by atoms with Crippen molar-refractivity contribution in [3.63, 3.8) is 0 Å². The number of nitro benzene ring substituents is 1. The maximum Gasteiger partial charge on any atom is 0.270 e. The molecule has 0 fully saturated rings. The topological polar surface area (TPSA) is 79.8 Å². The summed E-state index contributed by atoms with van der Waals surface area (Å²) in [6.45, 7) is 0. The molecule has 0 amide bonds. The van der Waals surface area contributed by atoms with Crippen LogP contribution in [0.2, 0.25) is 5.15 Å². The van der Waals surface area contributed by atoms with Gasteiger partial charge in [0.2, 0.25) is 0 Å². The number of non-ortho nitro benzene ring substituents is 1. The van der Waals surface area contributed by atoms with E-state index in [-0.39, 0.29) is 16.4 Å². The maximum atomic E-state index is 10.7. The van der Waals surface area contributed by atoms with E-state index in [2.05, 4.69) is 4.98 Å². The summed E-state index contributed by atoms with van der Waals surface area (Å²) < 4.78 is 0. The van der Waals surface area contributed by atoms with E-state index < -0.39 is 4.92 Å². The Bertz CT molecular complexity index is 665. The van der Waals surface area contributed by atoms with E-state index >= 15 is 0 Å². The number of rotatable bonds is 2. The molecular weight excluding hydrogens is 254 g/mol. The average molecular weight is 260 g/mol. The molecule has 2 aromatic rings. The monoisotopic (exact) mass is 259 g/mol. The third kappa shape index (κ3) is 2.29. The number of aromatic nitrogens is 1. The minimum Gasteiger partial charge on any atom is -0.258 e. The van der Waals surface area contributed by atoms with E-state index in [0.29, 0.717) is 11.3 Å². The van der Waals surface area contributed by atoms with E-state index in [4.69, 9.17) is 16.9 Å². The molecule has 5 nitrogen and oxygen atoms in total. The standard InChI is InChI=1S/C12H6ClN3O2/c13-12-9(7-14)4-5-11(15-12)8-2-1-3-10(6-8)16(17)18/h1-6H. The Morgan fingerprint density at radius 3 is 2.72 bits per heavy atom. The van der Waals surface area contributed by atoms with Crippen LogP contribution in [0, 0.1) is 21.4 Å². The van der Waals surface area contributed by atoms with Gasteiger partial charge in [0.15, 0.2) is 0 Å². The third-order valence-corrected chi connectivity index (χ3v) is 2.61. The van der Waals surface area contributed by atoms with Gasteiger partial charge < -0.3 is 0 Å². The minimum atomic E-state index is -0.477. The average Bonchev–Trinajstić information content (AvgIpc) is 2.38. The zero-order chi connectivity index (χ0) is 13.1. The van der Waals surface area contributed by atoms with Crippen molar-refractivity contribution >= 4 is 17.3 Å². The van der Waals surface area contributed by atoms with Gasteiger partial charge in [-0.15, -0.1) is 0 Å². The summed E-state index contributed by atoms with van der Waals surface area (Å²) in [5.41, 5.74) is 1.32. The molecule has 0 spiro atoms. The quantitative estimate of drug-likeness (QED) is 0.471. The van der Waals surface area contributed by atoms with Crippen LogP contribution in [0.4, 0.5) is 5.69 Å². The van der Waals surface area contributed by atoms with Gasteiger partial charge in [-0.05, 0) is 12.1 Å². The van der Waals surface area contributed by atoms with Gasteiger partial charge >= 0.3 is 0 Å². The summed E-state index contributed by atoms with van der Waals surface area (Å²) in [5, 5.41) is 19.5. The van der Waals surface area contributed by atoms with Gasteiger partial charge in [-0.25, -0.2) is 4.98 Å². The lowest BCUT2D eigenvalue weighted by Gasteiger charge is -2.02. The summed E-state index contributed by atoms with van der Waals surface area (Å²) in [5.74, 6) is 0. The molecule has 1 aromatic carbocycles. The summed E-state index contributed by atoms with van der Waals surface area (Å²) in [7, 11) is 0. The summed E-state index contributed by atoms with van der Waals surface area (Å²) in [6, 6.07) is 11.1. The zero-order valence-corrected chi connectivity index (χ0v) is 9.76. The van der Waals surface area contributed by atoms with Gasteiger partial charge in [0.25, 0.3) is 5.69 Å². The summed E-state index contributed by atoms with van der Waals surface area (Å²) in [6.07, 6.45) is 0. The second kappa shape index (κ2) is 4.82. The molecule has 0 aliphatic rings. The van der Waals surface area contributed by atoms with Gasteiger partial charge in [0.1, 0.15) is 11.2 Å². The molecule has 18 heavy (non-hydrogen) atoms. The predicted octanol–water partition coefficient (Wildman–Crippen LogP) is 3.18. The number of halogens is 1. The Balaban J connectivity index is 2.49. The second-order valence-corrected chi connectivity index (χ2v) is 3.81. The lowest BCUT2D eigenvalue weighted by atomic mass is 10.1. The molecule has 0 atom stereocenters. The van der Waals surface area contributed by atoms with E-state index in [9.17, 15) is 10.1 Å². The van der Waals surface area contributed by atoms with Crippen LogP contribution >= 0.6 is 11.6 Å². The van der Waals surface area contributed by atoms with E-state index in [1.165, 1.54) is 18.2 Å². The van der Waals surface area contributed by atoms with Crippen LogP contribution in [-0.2, 0) is 0 Å². The molecule has 88 valence electrons. The number of pyridine rings is 1. The lowest BCUT2D eigenvalue weighted by molar-refractivity contribution is -0.384. The number of nitriles is 1. The van der Waals surface area contributed by atoms with Gasteiger partial charge in [0, 0.05) is 17.7 Å². The highest BCUT2D eigenvalue weighted by Crippen LogP contribution is 2.24. The minimum absolute atomic E-state index is 0.0187. The molecular formula is C12H6ClN3O2. The number of nitro groups is 1. The first-order valence-corrected chi connectivity index (χ1v) is 5.31. The van der Waals surface area contributed by atoms with Gasteiger partial charge in [-0.3, -0.25) is 10.1 Å². The van der Waals surface area contributed by atoms with E-state index in [1.807, 2.05) is 6.07 Å². The Morgan fingerprint density at radius 2 is 2.11 bits per heavy atom. The van der Waals surface area contributed by atoms with Gasteiger partial charge in [0.05, 0.1) is 16.2 Å². The molecule has 1 aromatic heterocycles. The van der Waals surface area contributed by atoms with Crippen molar-refractivity contribution < 1.29 is 4.92 Å². The van der Waals surface area contributed by atoms with Gasteiger partial charge in [-0.2, -0.15) is 5.26 Å². The lowest BCUT2D eigenvalue weighted by Crippen LogP contribution is -1.90. The fourth-order valence-electron chi connectivity index (χ4n) is 1.46. The van der Waals surface area contributed by atoms with Crippen molar-refractivity contribution in [1.29, 1.82) is 5.26 Å². The van der Waals surface area contributed by atoms with Crippen molar-refractivity contribution in [2.45, 2.75) is 0 Å². The fraction of sp³-hybridized carbons (Fsp3) is 0. The summed E-state index contributed by atoms with van der Waals surface area (Å²) in [4.78, 5) is 14.2. The summed E-state index contributed by atoms with van der Waals surface area (Å²) >= 11 is 5.81. The van der Waals surface area contributed by atoms with Crippen LogP contribution in [0.25, 0.3) is 11.3 Å². The van der Waals surface area contributed by atoms with Crippen LogP contribution < -0.4 is 0 Å². The van der Waals surface area contributed by atoms with Crippen LogP contribution in [0.5, 0.6) is 0 Å². The molecule has 0 aliphatic carbocycles. The van der Waals surface area contributed by atoms with Crippen LogP contribution in [0.3, 0.4) is 0 Å². The second-order valence-electron chi connectivity index (χ2n) is 3.45. The van der Waals surface area contributed by atoms with Crippen LogP contribution in [0.15, 0.2) is 36.4 Å². The molecule has 0 unspecified atom stereocenters. The highest BCUT2D eigenvalue weighted by molar-refractivity contribution is 6.30. The predicted molar refractivity (Wildman–Crippen MR) is 66.1 cm³/mol. The van der Waals surface area contributed by atoms with E-state index in [0.717, 1.165) is 0 Å². The van der Waals surface area contributed by atoms with Crippen molar-refractivity contribution in [3.8, 4) is 17.3 Å². The normalized spacial score (nSPS) is 9.78. The smallest absolute Gasteiger partial charge is 0.258 e. The molecule has 6 heteroatoms. The first-order chi connectivity index (χ1) is 8.61. The van der Waals surface area contributed by atoms with Crippen LogP contribution in [0.1, 0.15) is 5.56 Å². The van der Waals surface area contributed by atoms with Crippen molar-refractivity contribution in [1.82, 2.24) is 4.98 Å². The zero-order valence-electron chi connectivity index (χ0n) is 9.00. The molecule has 0 aliphatic heterocycles. The number of hydrogen-bond donors (Lipinski definition) is 0. The van der Waals surface area contributed by atoms with Crippen molar-refractivity contribution in [3.05, 3.63) is 57.2 Å². The molecule has 0 N–H and O–H groups in total. The maximum absolute atomic E-state index is 10.7. The SMILES string of the molecule is N#Cc1ccc(-c2cccc([N+](=O)[O-])c2)nc1Cl. The largest absolute Gasteiger partial charge is 0.270 e. The molecule has 0 bridgehead atoms. The molecule has 0 saturated carbocycles. The first-order valence-electron chi connectivity index (χ1n) is 4.93. The number of nitrogens with zero attached hydrogens (tertiary/aromatic N) is 3. The van der Waals surface area contributed by atoms with Crippen LogP contribution in [-0.4, -0.2) is 9.91 Å². The Labute approximate surface area is 107 Å². The highest BCUT2D eigenvalue weighted by atomic mass is 35.5. The molecule has 0 saturated heterocycles. The molecule has 1 heterocycles. The van der Waals surface area contributed by atoms with Gasteiger partial charge in [-0.1, -0.05) is 23.7 Å². The number of benzene rings is 1. The number of hydrogen-bond acceptors (Lipinski definition) is 4. The molecule has 0 radical (unpaired) electrons. The Kier molecular flexibility index (Phi) is 3.22. The Hall–Kier alpha value is -2.45. The van der Waals surface area contributed by atoms with Crippen molar-refractivity contribution in [2.75, 3.05) is 0 Å². The molecule has 2 rings (SSSR count). The van der Waals surface area contributed by atoms with Crippen molar-refractivity contribution in [2.24, 2.45) is 0 Å². The Morgan fingerprint density at radius 1 is 1.33 bits per heavy atom.